The summed E-state index contributed by atoms with van der Waals surface area (Å²) in [6.45, 7) is 2.21. The van der Waals surface area contributed by atoms with Crippen LogP contribution in [-0.2, 0) is 0 Å². The summed E-state index contributed by atoms with van der Waals surface area (Å²) in [4.78, 5) is 6.04. The van der Waals surface area contributed by atoms with Gasteiger partial charge in [-0.2, -0.15) is 0 Å². The first-order valence-electron chi connectivity index (χ1n) is 7.22. The normalized spacial score (nSPS) is 12.4. The molecular formula is C17H19N3S. The summed E-state index contributed by atoms with van der Waals surface area (Å²) in [6, 6.07) is 14.5. The topological polar surface area (TPSA) is 50.9 Å². The zero-order valence-corrected chi connectivity index (χ0v) is 12.9. The van der Waals surface area contributed by atoms with E-state index in [4.69, 9.17) is 5.73 Å². The molecule has 0 aliphatic heterocycles. The van der Waals surface area contributed by atoms with Gasteiger partial charge < -0.3 is 11.1 Å². The van der Waals surface area contributed by atoms with E-state index in [1.54, 1.807) is 11.3 Å². The van der Waals surface area contributed by atoms with E-state index in [1.165, 1.54) is 4.88 Å². The molecule has 0 radical (unpaired) electrons. The number of fused-ring (bicyclic) bond motifs is 1. The second kappa shape index (κ2) is 6.14. The van der Waals surface area contributed by atoms with Crippen LogP contribution in [0.4, 0.5) is 11.5 Å². The van der Waals surface area contributed by atoms with Crippen LogP contribution in [0, 0.1) is 0 Å². The van der Waals surface area contributed by atoms with Crippen molar-refractivity contribution in [2.45, 2.75) is 25.8 Å². The second-order valence-corrected chi connectivity index (χ2v) is 6.13. The molecule has 0 aliphatic carbocycles. The molecular weight excluding hydrogens is 278 g/mol. The molecule has 1 aromatic carbocycles. The van der Waals surface area contributed by atoms with E-state index < -0.39 is 0 Å². The van der Waals surface area contributed by atoms with Crippen LogP contribution in [-0.4, -0.2) is 4.98 Å². The maximum Gasteiger partial charge on any atom is 0.127 e. The van der Waals surface area contributed by atoms with Gasteiger partial charge >= 0.3 is 0 Å². The van der Waals surface area contributed by atoms with Crippen molar-refractivity contribution in [3.63, 3.8) is 0 Å². The fraction of sp³-hybridized carbons (Fsp3) is 0.235. The number of pyridine rings is 1. The van der Waals surface area contributed by atoms with Gasteiger partial charge in [0.2, 0.25) is 0 Å². The lowest BCUT2D eigenvalue weighted by atomic mass is 10.1. The van der Waals surface area contributed by atoms with Gasteiger partial charge in [-0.15, -0.1) is 11.3 Å². The molecule has 0 saturated carbocycles. The van der Waals surface area contributed by atoms with Crippen LogP contribution in [0.5, 0.6) is 0 Å². The number of nitrogens with zero attached hydrogens (tertiary/aromatic N) is 1. The zero-order valence-electron chi connectivity index (χ0n) is 12.0. The van der Waals surface area contributed by atoms with Gasteiger partial charge in [0.25, 0.3) is 0 Å². The fourth-order valence-electron chi connectivity index (χ4n) is 2.47. The summed E-state index contributed by atoms with van der Waals surface area (Å²) in [7, 11) is 0. The Balaban J connectivity index is 1.87. The van der Waals surface area contributed by atoms with Crippen LogP contribution < -0.4 is 11.1 Å². The minimum absolute atomic E-state index is 0.328. The molecule has 21 heavy (non-hydrogen) atoms. The van der Waals surface area contributed by atoms with Crippen LogP contribution in [0.2, 0.25) is 0 Å². The first-order chi connectivity index (χ1) is 10.3. The van der Waals surface area contributed by atoms with Crippen LogP contribution in [0.25, 0.3) is 10.9 Å². The van der Waals surface area contributed by atoms with E-state index in [2.05, 4.69) is 40.8 Å². The molecule has 0 aliphatic rings. The first-order valence-corrected chi connectivity index (χ1v) is 8.10. The van der Waals surface area contributed by atoms with Gasteiger partial charge in [-0.25, -0.2) is 4.98 Å². The van der Waals surface area contributed by atoms with Crippen molar-refractivity contribution in [1.82, 2.24) is 4.98 Å². The molecule has 2 aromatic heterocycles. The number of nitrogen functional groups attached to an aromatic ring is 1. The number of thiophene rings is 1. The highest BCUT2D eigenvalue weighted by molar-refractivity contribution is 7.10. The smallest absolute Gasteiger partial charge is 0.127 e. The average Bonchev–Trinajstić information content (AvgIpc) is 3.01. The summed E-state index contributed by atoms with van der Waals surface area (Å²) >= 11 is 1.79. The minimum Gasteiger partial charge on any atom is -0.399 e. The molecule has 3 aromatic rings. The summed E-state index contributed by atoms with van der Waals surface area (Å²) in [6.07, 6.45) is 2.24. The Morgan fingerprint density at radius 2 is 2.14 bits per heavy atom. The van der Waals surface area contributed by atoms with Crippen LogP contribution in [0.1, 0.15) is 30.7 Å². The van der Waals surface area contributed by atoms with Gasteiger partial charge in [0.05, 0.1) is 11.6 Å². The van der Waals surface area contributed by atoms with Gasteiger partial charge in [0, 0.05) is 16.0 Å². The van der Waals surface area contributed by atoms with Crippen molar-refractivity contribution in [2.75, 3.05) is 11.1 Å². The van der Waals surface area contributed by atoms with Gasteiger partial charge in [-0.1, -0.05) is 19.4 Å². The third kappa shape index (κ3) is 3.16. The van der Waals surface area contributed by atoms with E-state index >= 15 is 0 Å². The van der Waals surface area contributed by atoms with Crippen molar-refractivity contribution in [1.29, 1.82) is 0 Å². The third-order valence-corrected chi connectivity index (χ3v) is 4.49. The Morgan fingerprint density at radius 3 is 2.90 bits per heavy atom. The summed E-state index contributed by atoms with van der Waals surface area (Å²) in [5.41, 5.74) is 7.54. The molecule has 0 fully saturated rings. The van der Waals surface area contributed by atoms with Crippen molar-refractivity contribution in [2.24, 2.45) is 0 Å². The molecule has 3 rings (SSSR count). The number of rotatable bonds is 5. The molecule has 108 valence electrons. The van der Waals surface area contributed by atoms with Crippen molar-refractivity contribution < 1.29 is 0 Å². The lowest BCUT2D eigenvalue weighted by Crippen LogP contribution is -2.10. The Labute approximate surface area is 128 Å². The summed E-state index contributed by atoms with van der Waals surface area (Å²) in [5, 5.41) is 6.75. The van der Waals surface area contributed by atoms with Gasteiger partial charge in [-0.05, 0) is 48.2 Å². The summed E-state index contributed by atoms with van der Waals surface area (Å²) < 4.78 is 0. The highest BCUT2D eigenvalue weighted by Crippen LogP contribution is 2.27. The lowest BCUT2D eigenvalue weighted by molar-refractivity contribution is 0.685. The number of hydrogen-bond acceptors (Lipinski definition) is 4. The van der Waals surface area contributed by atoms with Crippen molar-refractivity contribution >= 4 is 33.7 Å². The maximum absolute atomic E-state index is 5.80. The Kier molecular flexibility index (Phi) is 4.06. The monoisotopic (exact) mass is 297 g/mol. The minimum atomic E-state index is 0.328. The fourth-order valence-corrected chi connectivity index (χ4v) is 3.28. The largest absolute Gasteiger partial charge is 0.399 e. The number of anilines is 2. The number of benzene rings is 1. The molecule has 1 unspecified atom stereocenters. The van der Waals surface area contributed by atoms with E-state index in [9.17, 15) is 0 Å². The van der Waals surface area contributed by atoms with Gasteiger partial charge in [0.15, 0.2) is 0 Å². The van der Waals surface area contributed by atoms with Gasteiger partial charge in [-0.3, -0.25) is 0 Å². The summed E-state index contributed by atoms with van der Waals surface area (Å²) in [5.74, 6) is 0.916. The van der Waals surface area contributed by atoms with Crippen LogP contribution >= 0.6 is 11.3 Å². The number of nitrogens with one attached hydrogen (secondary N) is 1. The predicted molar refractivity (Wildman–Crippen MR) is 91.7 cm³/mol. The predicted octanol–water partition coefficient (Wildman–Crippen LogP) is 4.83. The van der Waals surface area contributed by atoms with E-state index in [1.807, 2.05) is 24.3 Å². The number of hydrogen-bond donors (Lipinski definition) is 2. The Hall–Kier alpha value is -2.07. The van der Waals surface area contributed by atoms with E-state index in [0.717, 1.165) is 35.2 Å². The van der Waals surface area contributed by atoms with Crippen molar-refractivity contribution in [3.05, 3.63) is 52.7 Å². The molecule has 1 atom stereocenters. The SMILES string of the molecule is CCCC(Nc1ccc2cc(N)ccc2n1)c1cccs1. The molecule has 2 heterocycles. The van der Waals surface area contributed by atoms with E-state index in [0.29, 0.717) is 6.04 Å². The Bertz CT molecular complexity index is 722. The third-order valence-electron chi connectivity index (χ3n) is 3.50. The average molecular weight is 297 g/mol. The van der Waals surface area contributed by atoms with Crippen LogP contribution in [0.3, 0.4) is 0 Å². The quantitative estimate of drug-likeness (QED) is 0.663. The number of nitrogens with two attached hydrogens (primary N) is 1. The molecule has 0 saturated heterocycles. The molecule has 0 amide bonds. The number of aromatic nitrogens is 1. The highest BCUT2D eigenvalue weighted by atomic mass is 32.1. The second-order valence-electron chi connectivity index (χ2n) is 5.15. The van der Waals surface area contributed by atoms with Crippen LogP contribution in [0.15, 0.2) is 47.8 Å². The first kappa shape index (κ1) is 13.9. The van der Waals surface area contributed by atoms with Crippen molar-refractivity contribution in [3.8, 4) is 0 Å². The standard InChI is InChI=1S/C17H19N3S/c1-2-4-15(16-5-3-10-21-16)20-17-9-6-12-11-13(18)7-8-14(12)19-17/h3,5-11,15H,2,4,18H2,1H3,(H,19,20). The molecule has 0 bridgehead atoms. The molecule has 0 spiro atoms. The van der Waals surface area contributed by atoms with Gasteiger partial charge in [0.1, 0.15) is 5.82 Å². The molecule has 4 heteroatoms. The molecule has 3 N–H and O–H groups in total. The maximum atomic E-state index is 5.80. The Morgan fingerprint density at radius 1 is 1.24 bits per heavy atom. The lowest BCUT2D eigenvalue weighted by Gasteiger charge is -2.17. The zero-order chi connectivity index (χ0) is 14.7. The van der Waals surface area contributed by atoms with E-state index in [-0.39, 0.29) is 0 Å². The molecule has 3 nitrogen and oxygen atoms in total. The highest BCUT2D eigenvalue weighted by Gasteiger charge is 2.12.